The Hall–Kier alpha value is -2.25. The highest BCUT2D eigenvalue weighted by molar-refractivity contribution is 6.00. The van der Waals surface area contributed by atoms with Gasteiger partial charge >= 0.3 is 6.18 Å². The van der Waals surface area contributed by atoms with E-state index in [1.165, 1.54) is 11.9 Å². The standard InChI is InChI=1S/C16H19F3N2O3/c1-21(9-10-24-11-5-3-2-4-6-11)15(23)12-7-8-13(16(17,18)19)20-14(12)22/h2-6,12-13H,7-10H2,1H3,(H,20,22)/t12-,13-/m1/s1. The number of ether oxygens (including phenoxy) is 1. The van der Waals surface area contributed by atoms with Crippen LogP contribution in [0.2, 0.25) is 0 Å². The number of rotatable bonds is 5. The fourth-order valence-corrected chi connectivity index (χ4v) is 2.48. The molecule has 0 spiro atoms. The van der Waals surface area contributed by atoms with Gasteiger partial charge in [0.1, 0.15) is 24.3 Å². The topological polar surface area (TPSA) is 58.6 Å². The van der Waals surface area contributed by atoms with Gasteiger partial charge in [0.05, 0.1) is 6.54 Å². The second-order valence-electron chi connectivity index (χ2n) is 5.65. The van der Waals surface area contributed by atoms with Gasteiger partial charge in [-0.25, -0.2) is 0 Å². The van der Waals surface area contributed by atoms with Crippen molar-refractivity contribution in [2.45, 2.75) is 25.1 Å². The van der Waals surface area contributed by atoms with Gasteiger partial charge in [-0.05, 0) is 25.0 Å². The molecule has 0 radical (unpaired) electrons. The number of nitrogens with zero attached hydrogens (tertiary/aromatic N) is 1. The number of hydrogen-bond acceptors (Lipinski definition) is 3. The molecule has 8 heteroatoms. The number of piperidine rings is 1. The number of benzene rings is 1. The Kier molecular flexibility index (Phi) is 5.69. The van der Waals surface area contributed by atoms with Gasteiger partial charge in [-0.15, -0.1) is 0 Å². The normalized spacial score (nSPS) is 21.1. The van der Waals surface area contributed by atoms with Gasteiger partial charge in [0, 0.05) is 7.05 Å². The van der Waals surface area contributed by atoms with Crippen LogP contribution in [0.5, 0.6) is 5.75 Å². The minimum Gasteiger partial charge on any atom is -0.492 e. The van der Waals surface area contributed by atoms with Crippen LogP contribution >= 0.6 is 0 Å². The summed E-state index contributed by atoms with van der Waals surface area (Å²) in [6.07, 6.45) is -4.89. The van der Waals surface area contributed by atoms with Gasteiger partial charge in [0.2, 0.25) is 11.8 Å². The molecule has 1 aliphatic heterocycles. The molecular weight excluding hydrogens is 325 g/mol. The lowest BCUT2D eigenvalue weighted by molar-refractivity contribution is -0.172. The van der Waals surface area contributed by atoms with Crippen LogP contribution in [0.1, 0.15) is 12.8 Å². The van der Waals surface area contributed by atoms with Crippen molar-refractivity contribution < 1.29 is 27.5 Å². The molecule has 5 nitrogen and oxygen atoms in total. The van der Waals surface area contributed by atoms with E-state index in [9.17, 15) is 22.8 Å². The number of carbonyl (C=O) groups excluding carboxylic acids is 2. The van der Waals surface area contributed by atoms with E-state index in [0.29, 0.717) is 5.75 Å². The quantitative estimate of drug-likeness (QED) is 0.831. The molecule has 0 saturated carbocycles. The van der Waals surface area contributed by atoms with E-state index in [4.69, 9.17) is 4.74 Å². The first-order chi connectivity index (χ1) is 11.3. The highest BCUT2D eigenvalue weighted by Gasteiger charge is 2.46. The lowest BCUT2D eigenvalue weighted by Gasteiger charge is -2.31. The van der Waals surface area contributed by atoms with Crippen LogP contribution in [0, 0.1) is 5.92 Å². The van der Waals surface area contributed by atoms with Crippen molar-refractivity contribution in [2.75, 3.05) is 20.2 Å². The average Bonchev–Trinajstić information content (AvgIpc) is 2.54. The number of likely N-dealkylation sites (N-methyl/N-ethyl adjacent to an activating group) is 1. The van der Waals surface area contributed by atoms with Crippen molar-refractivity contribution in [1.82, 2.24) is 10.2 Å². The maximum atomic E-state index is 12.6. The van der Waals surface area contributed by atoms with Crippen LogP contribution in [-0.4, -0.2) is 49.1 Å². The molecule has 1 N–H and O–H groups in total. The fourth-order valence-electron chi connectivity index (χ4n) is 2.48. The third-order valence-electron chi connectivity index (χ3n) is 3.89. The Labute approximate surface area is 137 Å². The third kappa shape index (κ3) is 4.62. The zero-order chi connectivity index (χ0) is 17.7. The summed E-state index contributed by atoms with van der Waals surface area (Å²) in [5.41, 5.74) is 0. The van der Waals surface area contributed by atoms with Gasteiger partial charge < -0.3 is 15.0 Å². The number of hydrogen-bond donors (Lipinski definition) is 1. The van der Waals surface area contributed by atoms with Gasteiger partial charge in [0.25, 0.3) is 0 Å². The summed E-state index contributed by atoms with van der Waals surface area (Å²) in [4.78, 5) is 25.3. The van der Waals surface area contributed by atoms with E-state index in [-0.39, 0.29) is 26.0 Å². The molecule has 1 fully saturated rings. The van der Waals surface area contributed by atoms with Crippen LogP contribution in [0.25, 0.3) is 0 Å². The Balaban J connectivity index is 1.82. The molecule has 2 amide bonds. The number of nitrogens with one attached hydrogen (secondary N) is 1. The van der Waals surface area contributed by atoms with Crippen LogP contribution in [0.4, 0.5) is 13.2 Å². The highest BCUT2D eigenvalue weighted by Crippen LogP contribution is 2.29. The molecule has 0 unspecified atom stereocenters. The monoisotopic (exact) mass is 344 g/mol. The maximum absolute atomic E-state index is 12.6. The molecule has 0 aromatic heterocycles. The van der Waals surface area contributed by atoms with Crippen LogP contribution in [-0.2, 0) is 9.59 Å². The van der Waals surface area contributed by atoms with E-state index in [1.807, 2.05) is 23.5 Å². The predicted octanol–water partition coefficient (Wildman–Crippen LogP) is 1.98. The van der Waals surface area contributed by atoms with Crippen molar-refractivity contribution in [2.24, 2.45) is 5.92 Å². The second kappa shape index (κ2) is 7.55. The minimum atomic E-state index is -4.49. The Morgan fingerprint density at radius 3 is 2.54 bits per heavy atom. The van der Waals surface area contributed by atoms with Crippen molar-refractivity contribution in [3.8, 4) is 5.75 Å². The zero-order valence-corrected chi connectivity index (χ0v) is 13.2. The molecule has 24 heavy (non-hydrogen) atoms. The highest BCUT2D eigenvalue weighted by atomic mass is 19.4. The number of carbonyl (C=O) groups is 2. The molecule has 2 atom stereocenters. The van der Waals surface area contributed by atoms with E-state index in [1.54, 1.807) is 12.1 Å². The molecular formula is C16H19F3N2O3. The number of para-hydroxylation sites is 1. The molecule has 0 aliphatic carbocycles. The molecule has 1 aliphatic rings. The third-order valence-corrected chi connectivity index (χ3v) is 3.89. The minimum absolute atomic E-state index is 0.112. The number of alkyl halides is 3. The average molecular weight is 344 g/mol. The van der Waals surface area contributed by atoms with E-state index in [0.717, 1.165) is 0 Å². The molecule has 1 heterocycles. The lowest BCUT2D eigenvalue weighted by Crippen LogP contribution is -2.54. The second-order valence-corrected chi connectivity index (χ2v) is 5.65. The molecule has 1 saturated heterocycles. The molecule has 132 valence electrons. The van der Waals surface area contributed by atoms with Crippen LogP contribution in [0.15, 0.2) is 30.3 Å². The summed E-state index contributed by atoms with van der Waals surface area (Å²) in [6.45, 7) is 0.464. The van der Waals surface area contributed by atoms with Crippen molar-refractivity contribution >= 4 is 11.8 Å². The SMILES string of the molecule is CN(CCOc1ccccc1)C(=O)[C@@H]1CC[C@H](C(F)(F)F)NC1=O. The lowest BCUT2D eigenvalue weighted by atomic mass is 9.92. The van der Waals surface area contributed by atoms with Crippen LogP contribution < -0.4 is 10.1 Å². The van der Waals surface area contributed by atoms with Gasteiger partial charge in [0.15, 0.2) is 0 Å². The molecule has 0 bridgehead atoms. The zero-order valence-electron chi connectivity index (χ0n) is 13.2. The largest absolute Gasteiger partial charge is 0.492 e. The smallest absolute Gasteiger partial charge is 0.408 e. The van der Waals surface area contributed by atoms with E-state index >= 15 is 0 Å². The Morgan fingerprint density at radius 2 is 1.96 bits per heavy atom. The first-order valence-corrected chi connectivity index (χ1v) is 7.59. The fraction of sp³-hybridized carbons (Fsp3) is 0.500. The van der Waals surface area contributed by atoms with Crippen molar-refractivity contribution in [1.29, 1.82) is 0 Å². The van der Waals surface area contributed by atoms with Crippen molar-refractivity contribution in [3.63, 3.8) is 0 Å². The summed E-state index contributed by atoms with van der Waals surface area (Å²) in [6, 6.07) is 7.14. The van der Waals surface area contributed by atoms with Gasteiger partial charge in [-0.2, -0.15) is 13.2 Å². The Bertz CT molecular complexity index is 578. The Morgan fingerprint density at radius 1 is 1.29 bits per heavy atom. The van der Waals surface area contributed by atoms with Gasteiger partial charge in [-0.1, -0.05) is 18.2 Å². The summed E-state index contributed by atoms with van der Waals surface area (Å²) in [5.74, 6) is -1.79. The summed E-state index contributed by atoms with van der Waals surface area (Å²) in [7, 11) is 1.50. The molecule has 1 aromatic rings. The summed E-state index contributed by atoms with van der Waals surface area (Å²) in [5, 5.41) is 1.88. The maximum Gasteiger partial charge on any atom is 0.408 e. The predicted molar refractivity (Wildman–Crippen MR) is 80.3 cm³/mol. The summed E-state index contributed by atoms with van der Waals surface area (Å²) >= 11 is 0. The number of halogens is 3. The first kappa shape index (κ1) is 18.1. The van der Waals surface area contributed by atoms with Crippen molar-refractivity contribution in [3.05, 3.63) is 30.3 Å². The first-order valence-electron chi connectivity index (χ1n) is 7.59. The van der Waals surface area contributed by atoms with Gasteiger partial charge in [-0.3, -0.25) is 9.59 Å². The molecule has 1 aromatic carbocycles. The summed E-state index contributed by atoms with van der Waals surface area (Å²) < 4.78 is 43.3. The van der Waals surface area contributed by atoms with E-state index in [2.05, 4.69) is 0 Å². The molecule has 2 rings (SSSR count). The van der Waals surface area contributed by atoms with Crippen LogP contribution in [0.3, 0.4) is 0 Å². The number of amides is 2. The van der Waals surface area contributed by atoms with E-state index < -0.39 is 30.0 Å².